The van der Waals surface area contributed by atoms with Gasteiger partial charge in [0.15, 0.2) is 0 Å². The van der Waals surface area contributed by atoms with Gasteiger partial charge >= 0.3 is 0 Å². The molecule has 0 radical (unpaired) electrons. The molecule has 0 saturated heterocycles. The number of aromatic nitrogens is 2. The van der Waals surface area contributed by atoms with E-state index < -0.39 is 0 Å². The Hall–Kier alpha value is -10.5. The van der Waals surface area contributed by atoms with Crippen molar-refractivity contribution in [2.45, 2.75) is 62.2 Å². The van der Waals surface area contributed by atoms with Crippen LogP contribution in [0, 0.1) is 0 Å². The van der Waals surface area contributed by atoms with E-state index in [9.17, 15) is 0 Å². The maximum atomic E-state index is 2.70. The van der Waals surface area contributed by atoms with Crippen LogP contribution in [0.5, 0.6) is 0 Å². The van der Waals surface area contributed by atoms with Crippen LogP contribution in [0.3, 0.4) is 0 Å². The fourth-order valence-electron chi connectivity index (χ4n) is 17.2. The minimum Gasteiger partial charge on any atom is -0.309 e. The van der Waals surface area contributed by atoms with E-state index in [1.807, 2.05) is 0 Å². The molecule has 2 saturated carbocycles. The first kappa shape index (κ1) is 51.5. The van der Waals surface area contributed by atoms with Crippen LogP contribution in [0.2, 0.25) is 0 Å². The average molecular weight is 1150 g/mol. The number of rotatable bonds is 8. The Balaban J connectivity index is 0.590. The van der Waals surface area contributed by atoms with Gasteiger partial charge in [0.1, 0.15) is 0 Å². The highest BCUT2D eigenvalue weighted by molar-refractivity contribution is 6.11. The van der Waals surface area contributed by atoms with E-state index >= 15 is 0 Å². The molecule has 15 aromatic rings. The van der Waals surface area contributed by atoms with E-state index in [0.717, 1.165) is 0 Å². The highest BCUT2D eigenvalue weighted by atomic mass is 15.0. The second-order valence-electron chi connectivity index (χ2n) is 26.3. The standard InChI is InChI=1S/C88H64N2/c1-3-15-65-51-69(39-35-61(65)13-1)89-83-19-7-5-17-73(83)77-49-59(29-43-85(77)89)23-21-57-25-31-63(32-26-57)67-37-41-71-75-55-82-76(56-81(75)87(79(71)53-67)45-9-10-46-87)72-42-38-68(54-80(72)88(82)47-11-12-48-88)64-33-27-58(28-34-64)22-24-60-30-44-86-78(50-60)74-18-6-8-20-84(74)90(86)70-40-36-62-14-2-4-16-66(62)52-70/h1-8,13-44,49-56H,9-12,45-48H2. The average Bonchev–Trinajstić information content (AvgIpc) is 2.17. The van der Waals surface area contributed by atoms with Crippen molar-refractivity contribution >= 4 is 89.5 Å². The fraction of sp³-hybridized carbons (Fsp3) is 0.114. The normalized spacial score (nSPS) is 15.3. The predicted octanol–water partition coefficient (Wildman–Crippen LogP) is 23.5. The van der Waals surface area contributed by atoms with Crippen LogP contribution in [-0.4, -0.2) is 9.13 Å². The van der Waals surface area contributed by atoms with Gasteiger partial charge in [0.2, 0.25) is 0 Å². The van der Waals surface area contributed by atoms with Crippen molar-refractivity contribution in [1.29, 1.82) is 0 Å². The topological polar surface area (TPSA) is 9.86 Å². The maximum absolute atomic E-state index is 2.70. The summed E-state index contributed by atoms with van der Waals surface area (Å²) in [5, 5.41) is 10.1. The second-order valence-corrected chi connectivity index (χ2v) is 26.3. The Morgan fingerprint density at radius 2 is 0.600 bits per heavy atom. The van der Waals surface area contributed by atoms with Gasteiger partial charge in [-0.3, -0.25) is 0 Å². The summed E-state index contributed by atoms with van der Waals surface area (Å²) in [6.45, 7) is 0. The number of hydrogen-bond donors (Lipinski definition) is 0. The Bertz CT molecular complexity index is 5190. The van der Waals surface area contributed by atoms with Crippen LogP contribution in [-0.2, 0) is 10.8 Å². The van der Waals surface area contributed by atoms with E-state index in [-0.39, 0.29) is 10.8 Å². The first-order chi connectivity index (χ1) is 44.5. The number of hydrogen-bond acceptors (Lipinski definition) is 0. The van der Waals surface area contributed by atoms with Crippen molar-refractivity contribution in [3.8, 4) is 55.9 Å². The summed E-state index contributed by atoms with van der Waals surface area (Å²) in [4.78, 5) is 0. The van der Waals surface area contributed by atoms with Crippen molar-refractivity contribution < 1.29 is 0 Å². The van der Waals surface area contributed by atoms with Gasteiger partial charge in [-0.1, -0.05) is 232 Å². The molecule has 19 rings (SSSR count). The molecule has 2 aromatic heterocycles. The SMILES string of the molecule is C(=Cc1ccc2c(c1)c1ccccc1n2-c1ccc2ccccc2c1)c1ccc(-c2ccc3c(c2)C2(CCCC2)c2cc4c(cc2-3)C2(CCCC2)c2cc(-c3ccc(C=Cc5ccc6c(c5)c5ccccc5n6-c5ccc6ccccc6c5)cc3)ccc2-4)cc1. The summed E-state index contributed by atoms with van der Waals surface area (Å²) >= 11 is 0. The zero-order chi connectivity index (χ0) is 59.1. The van der Waals surface area contributed by atoms with Crippen LogP contribution >= 0.6 is 0 Å². The lowest BCUT2D eigenvalue weighted by Crippen LogP contribution is -2.22. The van der Waals surface area contributed by atoms with Crippen molar-refractivity contribution in [2.75, 3.05) is 0 Å². The zero-order valence-electron chi connectivity index (χ0n) is 50.3. The lowest BCUT2D eigenvalue weighted by Gasteiger charge is -2.29. The van der Waals surface area contributed by atoms with Crippen LogP contribution < -0.4 is 0 Å². The molecule has 426 valence electrons. The number of nitrogens with zero attached hydrogens (tertiary/aromatic N) is 2. The highest BCUT2D eigenvalue weighted by Gasteiger charge is 2.50. The maximum Gasteiger partial charge on any atom is 0.0541 e. The molecule has 0 N–H and O–H groups in total. The van der Waals surface area contributed by atoms with Gasteiger partial charge < -0.3 is 9.13 Å². The zero-order valence-corrected chi connectivity index (χ0v) is 50.3. The highest BCUT2D eigenvalue weighted by Crippen LogP contribution is 2.63. The molecule has 13 aromatic carbocycles. The summed E-state index contributed by atoms with van der Waals surface area (Å²) in [6.07, 6.45) is 19.0. The van der Waals surface area contributed by atoms with E-state index in [0.29, 0.717) is 0 Å². The molecule has 0 amide bonds. The van der Waals surface area contributed by atoms with Crippen molar-refractivity contribution in [1.82, 2.24) is 9.13 Å². The number of para-hydroxylation sites is 2. The molecule has 2 fully saturated rings. The largest absolute Gasteiger partial charge is 0.309 e. The van der Waals surface area contributed by atoms with Crippen LogP contribution in [0.4, 0.5) is 0 Å². The van der Waals surface area contributed by atoms with Gasteiger partial charge in [-0.05, 0) is 221 Å². The van der Waals surface area contributed by atoms with Gasteiger partial charge in [-0.25, -0.2) is 0 Å². The third-order valence-corrected chi connectivity index (χ3v) is 21.6. The predicted molar refractivity (Wildman–Crippen MR) is 381 cm³/mol. The Morgan fingerprint density at radius 1 is 0.244 bits per heavy atom. The summed E-state index contributed by atoms with van der Waals surface area (Å²) in [5.74, 6) is 0. The van der Waals surface area contributed by atoms with Crippen molar-refractivity contribution in [3.05, 3.63) is 311 Å². The third kappa shape index (κ3) is 7.90. The number of fused-ring (bicyclic) bond motifs is 18. The summed E-state index contributed by atoms with van der Waals surface area (Å²) in [5.41, 5.74) is 29.5. The molecule has 0 unspecified atom stereocenters. The van der Waals surface area contributed by atoms with Gasteiger partial charge in [-0.2, -0.15) is 0 Å². The minimum atomic E-state index is 0.0502. The molecule has 0 aliphatic heterocycles. The van der Waals surface area contributed by atoms with E-state index in [4.69, 9.17) is 0 Å². The van der Waals surface area contributed by atoms with E-state index in [1.165, 1.54) is 195 Å². The van der Waals surface area contributed by atoms with Gasteiger partial charge in [0.05, 0.1) is 22.1 Å². The third-order valence-electron chi connectivity index (χ3n) is 21.6. The first-order valence-corrected chi connectivity index (χ1v) is 32.6. The van der Waals surface area contributed by atoms with Crippen molar-refractivity contribution in [3.63, 3.8) is 0 Å². The Labute approximate surface area is 525 Å². The van der Waals surface area contributed by atoms with Crippen LogP contribution in [0.1, 0.15) is 95.9 Å². The molecule has 90 heavy (non-hydrogen) atoms. The van der Waals surface area contributed by atoms with E-state index in [1.54, 1.807) is 22.3 Å². The Kier molecular flexibility index (Phi) is 11.4. The number of benzene rings is 13. The molecular weight excluding hydrogens is 1080 g/mol. The fourth-order valence-corrected chi connectivity index (χ4v) is 17.2. The summed E-state index contributed by atoms with van der Waals surface area (Å²) in [7, 11) is 0. The van der Waals surface area contributed by atoms with Crippen molar-refractivity contribution in [2.24, 2.45) is 0 Å². The van der Waals surface area contributed by atoms with Crippen LogP contribution in [0.15, 0.2) is 267 Å². The van der Waals surface area contributed by atoms with Gasteiger partial charge in [0.25, 0.3) is 0 Å². The Morgan fingerprint density at radius 3 is 1.04 bits per heavy atom. The first-order valence-electron chi connectivity index (χ1n) is 32.6. The second kappa shape index (κ2) is 20.0. The lowest BCUT2D eigenvalue weighted by atomic mass is 9.74. The van der Waals surface area contributed by atoms with Crippen LogP contribution in [0.25, 0.3) is 145 Å². The molecule has 2 spiro atoms. The quantitative estimate of drug-likeness (QED) is 0.134. The molecule has 2 heteroatoms. The molecule has 0 bridgehead atoms. The van der Waals surface area contributed by atoms with Gasteiger partial charge in [-0.15, -0.1) is 0 Å². The molecule has 4 aliphatic rings. The molecule has 0 atom stereocenters. The van der Waals surface area contributed by atoms with Gasteiger partial charge in [0, 0.05) is 43.7 Å². The molecule has 4 aliphatic carbocycles. The smallest absolute Gasteiger partial charge is 0.0541 e. The lowest BCUT2D eigenvalue weighted by molar-refractivity contribution is 0.544. The summed E-state index contributed by atoms with van der Waals surface area (Å²) < 4.78 is 4.83. The molecule has 2 heterocycles. The van der Waals surface area contributed by atoms with E-state index in [2.05, 4.69) is 300 Å². The minimum absolute atomic E-state index is 0.0502. The molecule has 2 nitrogen and oxygen atoms in total. The summed E-state index contributed by atoms with van der Waals surface area (Å²) in [6, 6.07) is 101. The molecular formula is C88H64N2. The monoisotopic (exact) mass is 1150 g/mol.